The van der Waals surface area contributed by atoms with Gasteiger partial charge in [-0.25, -0.2) is 0 Å². The van der Waals surface area contributed by atoms with E-state index in [0.717, 1.165) is 38.5 Å². The maximum atomic E-state index is 13.4. The first kappa shape index (κ1) is 18.6. The Hall–Kier alpha value is -0.780. The summed E-state index contributed by atoms with van der Waals surface area (Å²) in [6.07, 6.45) is 6.03. The van der Waals surface area contributed by atoms with Gasteiger partial charge in [0.2, 0.25) is 0 Å². The SMILES string of the molecule is C[C@]12CC[C@@H](O)CC1CC[C@H]1[C@@H]3CC[C@H](C(=O)CO)[C@@]3(CO)CC(=O)[C@@H]12. The van der Waals surface area contributed by atoms with Crippen molar-refractivity contribution in [2.24, 2.45) is 40.4 Å². The molecule has 4 fully saturated rings. The van der Waals surface area contributed by atoms with Crippen LogP contribution in [0.15, 0.2) is 0 Å². The van der Waals surface area contributed by atoms with Gasteiger partial charge in [0.05, 0.1) is 12.7 Å². The lowest BCUT2D eigenvalue weighted by atomic mass is 9.44. The zero-order chi connectivity index (χ0) is 18.7. The molecule has 0 aromatic rings. The Bertz CT molecular complexity index is 603. The molecule has 0 aromatic carbocycles. The lowest BCUT2D eigenvalue weighted by molar-refractivity contribution is -0.168. The number of rotatable bonds is 3. The Balaban J connectivity index is 1.69. The first-order valence-electron chi connectivity index (χ1n) is 10.3. The number of fused-ring (bicyclic) bond motifs is 5. The average Bonchev–Trinajstić information content (AvgIpc) is 3.00. The molecule has 4 aliphatic carbocycles. The fourth-order valence-corrected chi connectivity index (χ4v) is 7.73. The zero-order valence-corrected chi connectivity index (χ0v) is 15.7. The number of hydrogen-bond donors (Lipinski definition) is 3. The molecule has 4 aliphatic rings. The van der Waals surface area contributed by atoms with Crippen LogP contribution in [-0.4, -0.2) is 46.2 Å². The summed E-state index contributed by atoms with van der Waals surface area (Å²) in [6, 6.07) is 0. The molecule has 1 unspecified atom stereocenters. The van der Waals surface area contributed by atoms with Gasteiger partial charge in [-0.1, -0.05) is 6.92 Å². The zero-order valence-electron chi connectivity index (χ0n) is 15.7. The van der Waals surface area contributed by atoms with Crippen LogP contribution in [0.5, 0.6) is 0 Å². The molecule has 26 heavy (non-hydrogen) atoms. The molecule has 146 valence electrons. The van der Waals surface area contributed by atoms with Crippen LogP contribution in [0, 0.1) is 40.4 Å². The topological polar surface area (TPSA) is 94.8 Å². The highest BCUT2D eigenvalue weighted by molar-refractivity contribution is 5.88. The highest BCUT2D eigenvalue weighted by Gasteiger charge is 2.65. The minimum absolute atomic E-state index is 0.00130. The largest absolute Gasteiger partial charge is 0.396 e. The number of Topliss-reactive ketones (excluding diaryl/α,β-unsaturated/α-hetero) is 2. The molecule has 5 heteroatoms. The van der Waals surface area contributed by atoms with Gasteiger partial charge in [-0.3, -0.25) is 9.59 Å². The summed E-state index contributed by atoms with van der Waals surface area (Å²) in [5, 5.41) is 29.8. The maximum absolute atomic E-state index is 13.4. The van der Waals surface area contributed by atoms with Crippen LogP contribution in [0.3, 0.4) is 0 Å². The number of carbonyl (C=O) groups is 2. The fraction of sp³-hybridized carbons (Fsp3) is 0.905. The van der Waals surface area contributed by atoms with E-state index in [4.69, 9.17) is 0 Å². The van der Waals surface area contributed by atoms with Crippen molar-refractivity contribution >= 4 is 11.6 Å². The lowest BCUT2D eigenvalue weighted by Crippen LogP contribution is -2.59. The molecule has 5 nitrogen and oxygen atoms in total. The van der Waals surface area contributed by atoms with Crippen molar-refractivity contribution in [2.45, 2.75) is 64.4 Å². The van der Waals surface area contributed by atoms with E-state index in [1.807, 2.05) is 0 Å². The minimum atomic E-state index is -0.657. The molecular weight excluding hydrogens is 332 g/mol. The van der Waals surface area contributed by atoms with Gasteiger partial charge in [0.15, 0.2) is 5.78 Å². The Morgan fingerprint density at radius 3 is 2.62 bits per heavy atom. The van der Waals surface area contributed by atoms with Crippen molar-refractivity contribution < 1.29 is 24.9 Å². The first-order chi connectivity index (χ1) is 12.4. The van der Waals surface area contributed by atoms with Crippen LogP contribution in [0.1, 0.15) is 58.3 Å². The smallest absolute Gasteiger partial charge is 0.161 e. The third-order valence-electron chi connectivity index (χ3n) is 8.90. The molecule has 0 spiro atoms. The van der Waals surface area contributed by atoms with Crippen LogP contribution in [-0.2, 0) is 9.59 Å². The number of carbonyl (C=O) groups excluding carboxylic acids is 2. The minimum Gasteiger partial charge on any atom is -0.396 e. The number of aliphatic hydroxyl groups excluding tert-OH is 3. The Labute approximate surface area is 155 Å². The third-order valence-corrected chi connectivity index (χ3v) is 8.90. The second-order valence-electron chi connectivity index (χ2n) is 9.75. The van der Waals surface area contributed by atoms with Crippen molar-refractivity contribution in [3.8, 4) is 0 Å². The monoisotopic (exact) mass is 364 g/mol. The van der Waals surface area contributed by atoms with E-state index in [1.165, 1.54) is 0 Å². The third kappa shape index (κ3) is 2.39. The summed E-state index contributed by atoms with van der Waals surface area (Å²) in [5.74, 6) is 0.439. The van der Waals surface area contributed by atoms with E-state index in [9.17, 15) is 24.9 Å². The van der Waals surface area contributed by atoms with Gasteiger partial charge < -0.3 is 15.3 Å². The van der Waals surface area contributed by atoms with E-state index in [1.54, 1.807) is 0 Å². The molecule has 8 atom stereocenters. The van der Waals surface area contributed by atoms with Crippen LogP contribution in [0.25, 0.3) is 0 Å². The molecule has 0 aromatic heterocycles. The average molecular weight is 364 g/mol. The Morgan fingerprint density at radius 1 is 1.15 bits per heavy atom. The van der Waals surface area contributed by atoms with Crippen molar-refractivity contribution in [3.05, 3.63) is 0 Å². The highest BCUT2D eigenvalue weighted by Crippen LogP contribution is 2.66. The molecule has 3 N–H and O–H groups in total. The summed E-state index contributed by atoms with van der Waals surface area (Å²) < 4.78 is 0. The van der Waals surface area contributed by atoms with Crippen LogP contribution in [0.2, 0.25) is 0 Å². The van der Waals surface area contributed by atoms with Crippen LogP contribution < -0.4 is 0 Å². The van der Waals surface area contributed by atoms with E-state index < -0.39 is 12.0 Å². The second-order valence-corrected chi connectivity index (χ2v) is 9.75. The van der Waals surface area contributed by atoms with E-state index in [-0.39, 0.29) is 59.8 Å². The van der Waals surface area contributed by atoms with Crippen molar-refractivity contribution in [1.82, 2.24) is 0 Å². The van der Waals surface area contributed by atoms with Crippen molar-refractivity contribution in [2.75, 3.05) is 13.2 Å². The molecule has 0 saturated heterocycles. The number of hydrogen-bond acceptors (Lipinski definition) is 5. The maximum Gasteiger partial charge on any atom is 0.161 e. The standard InChI is InChI=1S/C21H32O5/c1-20-7-6-13(24)8-12(20)2-3-14-15-4-5-16(18(26)10-22)21(15,11-23)9-17(25)19(14)20/h12-16,19,22-24H,2-11H2,1H3/t12?,13-,14+,15+,16-,19-,20+,21-/m1/s1. The molecule has 0 radical (unpaired) electrons. The Morgan fingerprint density at radius 2 is 1.92 bits per heavy atom. The van der Waals surface area contributed by atoms with Gasteiger partial charge in [0, 0.05) is 23.7 Å². The van der Waals surface area contributed by atoms with E-state index in [2.05, 4.69) is 6.92 Å². The van der Waals surface area contributed by atoms with Gasteiger partial charge >= 0.3 is 0 Å². The summed E-state index contributed by atoms with van der Waals surface area (Å²) in [7, 11) is 0. The van der Waals surface area contributed by atoms with Gasteiger partial charge in [0.1, 0.15) is 12.4 Å². The normalized spacial score (nSPS) is 50.7. The summed E-state index contributed by atoms with van der Waals surface area (Å²) >= 11 is 0. The van der Waals surface area contributed by atoms with Gasteiger partial charge in [-0.2, -0.15) is 0 Å². The Kier molecular flexibility index (Phi) is 4.56. The lowest BCUT2D eigenvalue weighted by Gasteiger charge is -2.60. The molecule has 4 saturated carbocycles. The van der Waals surface area contributed by atoms with Crippen LogP contribution >= 0.6 is 0 Å². The van der Waals surface area contributed by atoms with Gasteiger partial charge in [-0.05, 0) is 68.1 Å². The molecular formula is C21H32O5. The number of aliphatic hydroxyl groups is 3. The van der Waals surface area contributed by atoms with Crippen molar-refractivity contribution in [3.63, 3.8) is 0 Å². The predicted octanol–water partition coefficient (Wildman–Crippen LogP) is 1.72. The number of ketones is 2. The molecule has 0 bridgehead atoms. The van der Waals surface area contributed by atoms with Crippen molar-refractivity contribution in [1.29, 1.82) is 0 Å². The van der Waals surface area contributed by atoms with Crippen LogP contribution in [0.4, 0.5) is 0 Å². The molecule has 4 rings (SSSR count). The second kappa shape index (κ2) is 6.39. The fourth-order valence-electron chi connectivity index (χ4n) is 7.73. The van der Waals surface area contributed by atoms with Gasteiger partial charge in [0.25, 0.3) is 0 Å². The first-order valence-corrected chi connectivity index (χ1v) is 10.3. The highest BCUT2D eigenvalue weighted by atomic mass is 16.3. The van der Waals surface area contributed by atoms with E-state index >= 15 is 0 Å². The molecule has 0 aliphatic heterocycles. The quantitative estimate of drug-likeness (QED) is 0.709. The van der Waals surface area contributed by atoms with E-state index in [0.29, 0.717) is 12.3 Å². The molecule has 0 amide bonds. The predicted molar refractivity (Wildman–Crippen MR) is 95.1 cm³/mol. The summed E-state index contributed by atoms with van der Waals surface area (Å²) in [5.41, 5.74) is -0.713. The summed E-state index contributed by atoms with van der Waals surface area (Å²) in [6.45, 7) is 1.61. The molecule has 0 heterocycles. The van der Waals surface area contributed by atoms with Gasteiger partial charge in [-0.15, -0.1) is 0 Å². The summed E-state index contributed by atoms with van der Waals surface area (Å²) in [4.78, 5) is 25.7.